The molecule has 3 aromatic rings. The Morgan fingerprint density at radius 2 is 1.24 bits per heavy atom. The van der Waals surface area contributed by atoms with Crippen molar-refractivity contribution in [3.63, 3.8) is 0 Å². The fraction of sp³-hybridized carbons (Fsp3) is 0.565. The van der Waals surface area contributed by atoms with E-state index in [9.17, 15) is 14.7 Å². The van der Waals surface area contributed by atoms with Crippen molar-refractivity contribution in [3.8, 4) is 28.0 Å². The van der Waals surface area contributed by atoms with Crippen LogP contribution in [0.15, 0.2) is 45.3 Å². The number of hydrogen-bond donors (Lipinski definition) is 0. The maximum absolute atomic E-state index is 14.0. The van der Waals surface area contributed by atoms with Crippen LogP contribution in [0.1, 0.15) is 114 Å². The van der Waals surface area contributed by atoms with E-state index in [1.165, 1.54) is 0 Å². The van der Waals surface area contributed by atoms with Crippen molar-refractivity contribution < 1.29 is 28.9 Å². The molecule has 0 radical (unpaired) electrons. The number of ether oxygens (including phenoxy) is 3. The van der Waals surface area contributed by atoms with E-state index in [1.54, 1.807) is 0 Å². The topological polar surface area (TPSA) is 84.9 Å². The van der Waals surface area contributed by atoms with Gasteiger partial charge in [-0.2, -0.15) is 0 Å². The van der Waals surface area contributed by atoms with Crippen LogP contribution in [0.2, 0.25) is 0 Å². The van der Waals surface area contributed by atoms with Crippen LogP contribution in [0, 0.1) is 63.2 Å². The number of carboxylic acid groups (broad SMARTS) is 1. The lowest BCUT2D eigenvalue weighted by atomic mass is 9.75. The zero-order valence-electron chi connectivity index (χ0n) is 33.8. The van der Waals surface area contributed by atoms with E-state index < -0.39 is 18.0 Å². The van der Waals surface area contributed by atoms with Gasteiger partial charge < -0.3 is 24.1 Å². The van der Waals surface area contributed by atoms with Crippen LogP contribution in [0.25, 0.3) is 22.3 Å². The summed E-state index contributed by atoms with van der Waals surface area (Å²) in [6, 6.07) is 12.1. The fourth-order valence-corrected chi connectivity index (χ4v) is 10.5. The van der Waals surface area contributed by atoms with Gasteiger partial charge in [0.05, 0.1) is 22.6 Å². The molecule has 0 bridgehead atoms. The summed E-state index contributed by atoms with van der Waals surface area (Å²) in [6.45, 7) is 21.1. The van der Waals surface area contributed by atoms with Crippen molar-refractivity contribution in [1.82, 2.24) is 0 Å². The molecule has 2 aliphatic rings. The highest BCUT2D eigenvalue weighted by Gasteiger charge is 2.38. The summed E-state index contributed by atoms with van der Waals surface area (Å²) in [5.74, 6) is 0.738. The number of carbonyl (C=O) groups excluding carboxylic acids is 2. The summed E-state index contributed by atoms with van der Waals surface area (Å²) in [7, 11) is 0. The first kappa shape index (κ1) is 42.6. The second kappa shape index (κ2) is 18.2. The second-order valence-corrected chi connectivity index (χ2v) is 18.7. The molecule has 2 aliphatic carbocycles. The van der Waals surface area contributed by atoms with Gasteiger partial charge in [0.1, 0.15) is 12.7 Å². The van der Waals surface area contributed by atoms with Crippen molar-refractivity contribution in [1.29, 1.82) is 0 Å². The molecule has 0 heterocycles. The van der Waals surface area contributed by atoms with Crippen molar-refractivity contribution in [2.24, 2.45) is 35.5 Å². The van der Waals surface area contributed by atoms with E-state index in [-0.39, 0.29) is 24.7 Å². The minimum absolute atomic E-state index is 0.0263. The molecule has 0 amide bonds. The van der Waals surface area contributed by atoms with Crippen LogP contribution in [-0.2, 0) is 19.1 Å². The summed E-state index contributed by atoms with van der Waals surface area (Å²) in [5.41, 5.74) is 7.21. The number of carbonyl (C=O) groups is 2. The molecule has 6 nitrogen and oxygen atoms in total. The van der Waals surface area contributed by atoms with Crippen molar-refractivity contribution in [2.45, 2.75) is 126 Å². The zero-order valence-corrected chi connectivity index (χ0v) is 37.0. The number of rotatable bonds is 12. The van der Waals surface area contributed by atoms with E-state index in [1.807, 2.05) is 52.0 Å². The zero-order chi connectivity index (χ0) is 39.6. The minimum Gasteiger partial charge on any atom is -0.547 e. The van der Waals surface area contributed by atoms with Gasteiger partial charge in [-0.3, -0.25) is 0 Å². The van der Waals surface area contributed by atoms with Gasteiger partial charge in [-0.1, -0.05) is 102 Å². The lowest BCUT2D eigenvalue weighted by Gasteiger charge is -2.40. The molecule has 5 rings (SSSR count). The Hall–Kier alpha value is -2.52. The predicted molar refractivity (Wildman–Crippen MR) is 222 cm³/mol. The highest BCUT2D eigenvalue weighted by Crippen LogP contribution is 2.54. The number of halogens is 2. The van der Waals surface area contributed by atoms with Gasteiger partial charge in [0.2, 0.25) is 0 Å². The van der Waals surface area contributed by atoms with Gasteiger partial charge in [-0.05, 0) is 143 Å². The predicted octanol–water partition coefficient (Wildman–Crippen LogP) is 11.4. The number of benzene rings is 3. The Labute approximate surface area is 340 Å². The van der Waals surface area contributed by atoms with Crippen LogP contribution in [0.3, 0.4) is 0 Å². The fourth-order valence-electron chi connectivity index (χ4n) is 9.03. The van der Waals surface area contributed by atoms with Crippen molar-refractivity contribution in [2.75, 3.05) is 6.61 Å². The number of carboxylic acids is 1. The van der Waals surface area contributed by atoms with Crippen LogP contribution in [-0.4, -0.2) is 30.8 Å². The monoisotopic (exact) mass is 865 g/mol. The average Bonchev–Trinajstić information content (AvgIpc) is 3.08. The number of esters is 1. The Morgan fingerprint density at radius 1 is 0.741 bits per heavy atom. The molecular weight excluding hydrogens is 808 g/mol. The summed E-state index contributed by atoms with van der Waals surface area (Å²) < 4.78 is 20.5. The molecule has 3 aromatic carbocycles. The average molecular weight is 868 g/mol. The first-order valence-corrected chi connectivity index (χ1v) is 21.5. The van der Waals surface area contributed by atoms with E-state index in [2.05, 4.69) is 85.5 Å². The highest BCUT2D eigenvalue weighted by atomic mass is 79.9. The van der Waals surface area contributed by atoms with Gasteiger partial charge in [0.15, 0.2) is 5.75 Å². The SMILES string of the molecule is Cc1ccc(-c2c(Br)c(C(O[C@@H]3C[C@H](C)CC[C@H]3C(C)C)C(=O)[O-])c(-c3ccc(C)cc3C)c(Br)c2OC(=O)CO[C@H]2C[C@@H](C)CC[C@@H]2C(C)C)c(C)c1. The second-order valence-electron chi connectivity index (χ2n) is 17.1. The van der Waals surface area contributed by atoms with Gasteiger partial charge in [-0.25, -0.2) is 4.79 Å². The molecule has 7 atom stereocenters. The standard InChI is InChI=1S/C46H60Br2O6/c1-24(2)32-15-11-28(7)21-36(32)52-23-38(49)54-44-40(35-18-14-27(6)20-31(35)10)42(47)41(39(43(44)48)34-17-13-26(5)19-30(34)9)45(46(50)51)53-37-22-29(8)12-16-33(37)25(3)4/h13-14,17-20,24-25,28-29,32-33,36-37,45H,11-12,15-16,21-23H2,1-10H3,(H,50,51)/p-1/t28-,29+,32+,33-,36-,37+,45?/m0/s1. The summed E-state index contributed by atoms with van der Waals surface area (Å²) in [6.07, 6.45) is 4.26. The third-order valence-corrected chi connectivity index (χ3v) is 13.6. The molecular formula is C46H59Br2O6-. The van der Waals surface area contributed by atoms with Crippen LogP contribution < -0.4 is 9.84 Å². The molecule has 0 saturated heterocycles. The third kappa shape index (κ3) is 9.53. The summed E-state index contributed by atoms with van der Waals surface area (Å²) >= 11 is 7.86. The molecule has 2 saturated carbocycles. The number of aryl methyl sites for hydroxylation is 4. The molecule has 0 aliphatic heterocycles. The Morgan fingerprint density at radius 3 is 1.74 bits per heavy atom. The lowest BCUT2D eigenvalue weighted by Crippen LogP contribution is -2.40. The summed E-state index contributed by atoms with van der Waals surface area (Å²) in [4.78, 5) is 27.5. The van der Waals surface area contributed by atoms with Crippen molar-refractivity contribution in [3.05, 3.63) is 73.2 Å². The summed E-state index contributed by atoms with van der Waals surface area (Å²) in [5, 5.41) is 13.5. The molecule has 54 heavy (non-hydrogen) atoms. The maximum Gasteiger partial charge on any atom is 0.337 e. The molecule has 0 N–H and O–H groups in total. The van der Waals surface area contributed by atoms with E-state index in [0.717, 1.165) is 71.9 Å². The first-order valence-electron chi connectivity index (χ1n) is 19.9. The molecule has 0 spiro atoms. The molecule has 294 valence electrons. The van der Waals surface area contributed by atoms with E-state index in [0.29, 0.717) is 61.0 Å². The van der Waals surface area contributed by atoms with Crippen molar-refractivity contribution >= 4 is 43.8 Å². The highest BCUT2D eigenvalue weighted by molar-refractivity contribution is 9.11. The van der Waals surface area contributed by atoms with Crippen LogP contribution >= 0.6 is 31.9 Å². The maximum atomic E-state index is 14.0. The quantitative estimate of drug-likeness (QED) is 0.133. The van der Waals surface area contributed by atoms with E-state index >= 15 is 0 Å². The van der Waals surface area contributed by atoms with Crippen LogP contribution in [0.5, 0.6) is 5.75 Å². The Kier molecular flexibility index (Phi) is 14.3. The minimum atomic E-state index is -1.42. The van der Waals surface area contributed by atoms with Gasteiger partial charge in [0, 0.05) is 21.2 Å². The van der Waals surface area contributed by atoms with Gasteiger partial charge in [-0.15, -0.1) is 0 Å². The number of hydrogen-bond acceptors (Lipinski definition) is 6. The molecule has 8 heteroatoms. The molecule has 1 unspecified atom stereocenters. The largest absolute Gasteiger partial charge is 0.547 e. The van der Waals surface area contributed by atoms with Crippen LogP contribution in [0.4, 0.5) is 0 Å². The molecule has 0 aromatic heterocycles. The van der Waals surface area contributed by atoms with Gasteiger partial charge >= 0.3 is 5.97 Å². The van der Waals surface area contributed by atoms with Gasteiger partial charge in [0.25, 0.3) is 0 Å². The molecule has 2 fully saturated rings. The van der Waals surface area contributed by atoms with E-state index in [4.69, 9.17) is 14.2 Å². The Bertz CT molecular complexity index is 1830. The number of aliphatic carboxylic acids is 1. The normalized spacial score (nSPS) is 23.8. The third-order valence-electron chi connectivity index (χ3n) is 12.0. The smallest absolute Gasteiger partial charge is 0.337 e. The lowest BCUT2D eigenvalue weighted by molar-refractivity contribution is -0.320. The Balaban J connectivity index is 1.71. The first-order chi connectivity index (χ1) is 25.5.